The van der Waals surface area contributed by atoms with Crippen LogP contribution in [-0.2, 0) is 4.74 Å². The molecule has 1 spiro atoms. The molecule has 2 saturated heterocycles. The van der Waals surface area contributed by atoms with Crippen molar-refractivity contribution in [2.45, 2.75) is 52.1 Å². The minimum absolute atomic E-state index is 0.0431. The summed E-state index contributed by atoms with van der Waals surface area (Å²) >= 11 is 0. The second-order valence-corrected chi connectivity index (χ2v) is 10.8. The number of nitrogens with zero attached hydrogens (tertiary/aromatic N) is 3. The number of hydrogen-bond donors (Lipinski definition) is 1. The number of likely N-dealkylation sites (tertiary alicyclic amines) is 1. The molecule has 0 radical (unpaired) electrons. The van der Waals surface area contributed by atoms with Gasteiger partial charge in [-0.25, -0.2) is 14.2 Å². The monoisotopic (exact) mass is 458 g/mol. The number of benzene rings is 1. The average Bonchev–Trinajstić information content (AvgIpc) is 3.53. The van der Waals surface area contributed by atoms with E-state index in [1.165, 1.54) is 6.07 Å². The number of rotatable bonds is 4. The smallest absolute Gasteiger partial charge is 0.410 e. The molecule has 0 unspecified atom stereocenters. The van der Waals surface area contributed by atoms with Gasteiger partial charge in [0.2, 0.25) is 5.95 Å². The minimum atomic E-state index is -0.617. The number of fused-ring (bicyclic) bond motifs is 1. The third-order valence-corrected chi connectivity index (χ3v) is 6.73. The number of carbonyl (C=O) groups is 1. The quantitative estimate of drug-likeness (QED) is 0.752. The van der Waals surface area contributed by atoms with E-state index in [2.05, 4.69) is 9.97 Å². The highest BCUT2D eigenvalue weighted by atomic mass is 19.1. The van der Waals surface area contributed by atoms with Gasteiger partial charge in [-0.1, -0.05) is 0 Å². The Labute approximate surface area is 192 Å². The Balaban J connectivity index is 1.25. The Morgan fingerprint density at radius 1 is 1.24 bits per heavy atom. The predicted octanol–water partition coefficient (Wildman–Crippen LogP) is 3.69. The van der Waals surface area contributed by atoms with Gasteiger partial charge in [-0.05, 0) is 52.4 Å². The number of amides is 1. The SMILES string of the molecule is CC(C)(C)OC(=O)N1CCC2(CC1)CN(c1nc3cc(OCC4CC4)cc(F)c3c(=O)[nH]1)C2. The van der Waals surface area contributed by atoms with Gasteiger partial charge in [-0.15, -0.1) is 0 Å². The van der Waals surface area contributed by atoms with Crippen LogP contribution in [0.3, 0.4) is 0 Å². The molecule has 5 rings (SSSR count). The molecule has 0 bridgehead atoms. The van der Waals surface area contributed by atoms with Gasteiger partial charge in [-0.2, -0.15) is 0 Å². The number of aromatic nitrogens is 2. The van der Waals surface area contributed by atoms with Crippen LogP contribution in [0.5, 0.6) is 5.75 Å². The van der Waals surface area contributed by atoms with E-state index in [9.17, 15) is 14.0 Å². The lowest BCUT2D eigenvalue weighted by Crippen LogP contribution is -2.61. The van der Waals surface area contributed by atoms with Crippen molar-refractivity contribution in [3.05, 3.63) is 28.3 Å². The topological polar surface area (TPSA) is 87.8 Å². The van der Waals surface area contributed by atoms with E-state index in [0.29, 0.717) is 42.8 Å². The Morgan fingerprint density at radius 3 is 2.58 bits per heavy atom. The van der Waals surface area contributed by atoms with Crippen LogP contribution in [0, 0.1) is 17.2 Å². The maximum atomic E-state index is 14.6. The molecule has 178 valence electrons. The van der Waals surface area contributed by atoms with Crippen LogP contribution in [-0.4, -0.2) is 59.3 Å². The number of carbonyl (C=O) groups excluding carboxylic acids is 1. The first kappa shape index (κ1) is 22.0. The zero-order valence-electron chi connectivity index (χ0n) is 19.4. The van der Waals surface area contributed by atoms with Gasteiger partial charge in [0.05, 0.1) is 12.1 Å². The first-order valence-electron chi connectivity index (χ1n) is 11.7. The standard InChI is InChI=1S/C24H31FN4O4/c1-23(2,3)33-22(31)28-8-6-24(7-9-28)13-29(14-24)21-26-18-11-16(32-12-15-4-5-15)10-17(25)19(18)20(30)27-21/h10-11,15H,4-9,12-14H2,1-3H3,(H,26,27,30). The minimum Gasteiger partial charge on any atom is -0.493 e. The van der Waals surface area contributed by atoms with Gasteiger partial charge in [-0.3, -0.25) is 9.78 Å². The van der Waals surface area contributed by atoms with Crippen molar-refractivity contribution in [2.24, 2.45) is 11.3 Å². The van der Waals surface area contributed by atoms with Crippen molar-refractivity contribution in [3.63, 3.8) is 0 Å². The summed E-state index contributed by atoms with van der Waals surface area (Å²) in [5.74, 6) is 0.788. The largest absolute Gasteiger partial charge is 0.493 e. The lowest BCUT2D eigenvalue weighted by atomic mass is 9.72. The van der Waals surface area contributed by atoms with E-state index in [0.717, 1.165) is 38.8 Å². The van der Waals surface area contributed by atoms with E-state index in [1.807, 2.05) is 25.7 Å². The summed E-state index contributed by atoms with van der Waals surface area (Å²) in [6.07, 6.45) is 3.76. The van der Waals surface area contributed by atoms with Gasteiger partial charge in [0, 0.05) is 43.7 Å². The van der Waals surface area contributed by atoms with Crippen molar-refractivity contribution in [3.8, 4) is 5.75 Å². The van der Waals surface area contributed by atoms with Gasteiger partial charge in [0.25, 0.3) is 5.56 Å². The summed E-state index contributed by atoms with van der Waals surface area (Å²) in [5, 5.41) is -0.0431. The van der Waals surface area contributed by atoms with E-state index < -0.39 is 17.0 Å². The highest BCUT2D eigenvalue weighted by molar-refractivity contribution is 5.81. The normalized spacial score (nSPS) is 20.1. The molecule has 2 aliphatic heterocycles. The molecule has 3 fully saturated rings. The van der Waals surface area contributed by atoms with Crippen molar-refractivity contribution in [2.75, 3.05) is 37.7 Å². The molecular formula is C24H31FN4O4. The predicted molar refractivity (Wildman–Crippen MR) is 122 cm³/mol. The molecule has 1 aliphatic carbocycles. The van der Waals surface area contributed by atoms with E-state index in [1.54, 1.807) is 11.0 Å². The molecule has 1 aromatic carbocycles. The van der Waals surface area contributed by atoms with Crippen LogP contribution in [0.1, 0.15) is 46.5 Å². The lowest BCUT2D eigenvalue weighted by molar-refractivity contribution is 0.00580. The first-order valence-corrected chi connectivity index (χ1v) is 11.7. The fourth-order valence-electron chi connectivity index (χ4n) is 4.64. The van der Waals surface area contributed by atoms with E-state index >= 15 is 0 Å². The third-order valence-electron chi connectivity index (χ3n) is 6.73. The molecule has 9 heteroatoms. The molecule has 3 aliphatic rings. The lowest BCUT2D eigenvalue weighted by Gasteiger charge is -2.54. The number of piperidine rings is 1. The molecular weight excluding hydrogens is 427 g/mol. The fourth-order valence-corrected chi connectivity index (χ4v) is 4.64. The Kier molecular flexibility index (Phi) is 5.25. The summed E-state index contributed by atoms with van der Waals surface area (Å²) in [6, 6.07) is 2.91. The summed E-state index contributed by atoms with van der Waals surface area (Å²) in [5.41, 5.74) is -0.593. The Bertz CT molecular complexity index is 1120. The number of hydrogen-bond acceptors (Lipinski definition) is 6. The van der Waals surface area contributed by atoms with E-state index in [-0.39, 0.29) is 16.9 Å². The van der Waals surface area contributed by atoms with Crippen LogP contribution in [0.15, 0.2) is 16.9 Å². The molecule has 0 atom stereocenters. The molecule has 33 heavy (non-hydrogen) atoms. The highest BCUT2D eigenvalue weighted by Gasteiger charge is 2.46. The fraction of sp³-hybridized carbons (Fsp3) is 0.625. The number of halogens is 1. The van der Waals surface area contributed by atoms with Crippen LogP contribution in [0.25, 0.3) is 10.9 Å². The summed E-state index contributed by atoms with van der Waals surface area (Å²) in [7, 11) is 0. The molecule has 1 amide bonds. The summed E-state index contributed by atoms with van der Waals surface area (Å²) in [6.45, 7) is 8.95. The molecule has 1 N–H and O–H groups in total. The third kappa shape index (κ3) is 4.63. The Hall–Kier alpha value is -2.84. The first-order chi connectivity index (χ1) is 15.6. The van der Waals surface area contributed by atoms with Gasteiger partial charge >= 0.3 is 6.09 Å². The summed E-state index contributed by atoms with van der Waals surface area (Å²) < 4.78 is 25.8. The number of aromatic amines is 1. The van der Waals surface area contributed by atoms with E-state index in [4.69, 9.17) is 9.47 Å². The zero-order valence-corrected chi connectivity index (χ0v) is 19.4. The average molecular weight is 459 g/mol. The van der Waals surface area contributed by atoms with Gasteiger partial charge in [0.1, 0.15) is 22.6 Å². The van der Waals surface area contributed by atoms with Crippen LogP contribution in [0.4, 0.5) is 15.1 Å². The van der Waals surface area contributed by atoms with Crippen LogP contribution in [0.2, 0.25) is 0 Å². The van der Waals surface area contributed by atoms with Crippen LogP contribution >= 0.6 is 0 Å². The van der Waals surface area contributed by atoms with Gasteiger partial charge in [0.15, 0.2) is 0 Å². The second kappa shape index (κ2) is 7.88. The van der Waals surface area contributed by atoms with Crippen molar-refractivity contribution in [1.29, 1.82) is 0 Å². The molecule has 3 heterocycles. The number of anilines is 1. The van der Waals surface area contributed by atoms with Crippen molar-refractivity contribution < 1.29 is 18.7 Å². The molecule has 1 saturated carbocycles. The summed E-state index contributed by atoms with van der Waals surface area (Å²) in [4.78, 5) is 36.0. The maximum absolute atomic E-state index is 14.6. The molecule has 2 aromatic rings. The maximum Gasteiger partial charge on any atom is 0.410 e. The molecule has 1 aromatic heterocycles. The number of H-pyrrole nitrogens is 1. The van der Waals surface area contributed by atoms with Crippen LogP contribution < -0.4 is 15.2 Å². The highest BCUT2D eigenvalue weighted by Crippen LogP contribution is 2.42. The van der Waals surface area contributed by atoms with Gasteiger partial charge < -0.3 is 19.3 Å². The zero-order chi connectivity index (χ0) is 23.4. The van der Waals surface area contributed by atoms with Crippen molar-refractivity contribution >= 4 is 22.9 Å². The Morgan fingerprint density at radius 2 is 1.94 bits per heavy atom. The number of ether oxygens (including phenoxy) is 2. The molecule has 8 nitrogen and oxygen atoms in total. The van der Waals surface area contributed by atoms with Crippen molar-refractivity contribution in [1.82, 2.24) is 14.9 Å². The number of nitrogens with one attached hydrogen (secondary N) is 1. The second-order valence-electron chi connectivity index (χ2n) is 10.8.